The number of unbranched alkanes of at least 4 members (excludes halogenated alkanes) is 3. The van der Waals surface area contributed by atoms with Gasteiger partial charge >= 0.3 is 0 Å². The molecule has 0 saturated carbocycles. The van der Waals surface area contributed by atoms with Crippen LogP contribution in [0.3, 0.4) is 0 Å². The third kappa shape index (κ3) is 15.2. The zero-order valence-corrected chi connectivity index (χ0v) is 18.3. The second-order valence-electron chi connectivity index (χ2n) is 6.34. The number of halogens is 1. The Bertz CT molecular complexity index is 325. The van der Waals surface area contributed by atoms with E-state index in [9.17, 15) is 5.11 Å². The molecule has 0 aliphatic heterocycles. The van der Waals surface area contributed by atoms with E-state index in [2.05, 4.69) is 42.6 Å². The molecule has 0 radical (unpaired) electrons. The molecule has 0 rings (SSSR count). The maximum Gasteiger partial charge on any atom is 0.193 e. The molecule has 0 aliphatic carbocycles. The molecule has 0 saturated heterocycles. The molecule has 0 aromatic heterocycles. The molecule has 2 N–H and O–H groups in total. The number of hydrogen-bond donors (Lipinski definition) is 2. The van der Waals surface area contributed by atoms with Crippen LogP contribution in [-0.4, -0.2) is 62.0 Å². The van der Waals surface area contributed by atoms with E-state index in [4.69, 9.17) is 4.74 Å². The van der Waals surface area contributed by atoms with E-state index in [1.165, 1.54) is 12.8 Å². The molecule has 5 nitrogen and oxygen atoms in total. The monoisotopic (exact) mass is 455 g/mol. The van der Waals surface area contributed by atoms with Crippen LogP contribution >= 0.6 is 24.0 Å². The highest BCUT2D eigenvalue weighted by Crippen LogP contribution is 2.02. The van der Waals surface area contributed by atoms with E-state index < -0.39 is 6.10 Å². The number of aliphatic imine (C=N–C) groups is 1. The van der Waals surface area contributed by atoms with Crippen molar-refractivity contribution in [3.63, 3.8) is 0 Å². The van der Waals surface area contributed by atoms with Gasteiger partial charge in [0.1, 0.15) is 0 Å². The van der Waals surface area contributed by atoms with Crippen LogP contribution in [0.4, 0.5) is 0 Å². The lowest BCUT2D eigenvalue weighted by atomic mass is 10.2. The summed E-state index contributed by atoms with van der Waals surface area (Å²) in [5.74, 6) is 1.33. The minimum Gasteiger partial charge on any atom is -0.389 e. The predicted octanol–water partition coefficient (Wildman–Crippen LogP) is 3.28. The average Bonchev–Trinajstić information content (AvgIpc) is 2.50. The lowest BCUT2D eigenvalue weighted by Crippen LogP contribution is -2.40. The molecule has 0 heterocycles. The van der Waals surface area contributed by atoms with Crippen LogP contribution in [0.5, 0.6) is 0 Å². The predicted molar refractivity (Wildman–Crippen MR) is 114 cm³/mol. The molecule has 144 valence electrons. The minimum atomic E-state index is -0.552. The van der Waals surface area contributed by atoms with Crippen LogP contribution in [0.15, 0.2) is 17.6 Å². The van der Waals surface area contributed by atoms with Gasteiger partial charge in [-0.15, -0.1) is 30.6 Å². The van der Waals surface area contributed by atoms with Crippen molar-refractivity contribution in [2.24, 2.45) is 10.9 Å². The van der Waals surface area contributed by atoms with Crippen LogP contribution in [0.25, 0.3) is 0 Å². The Kier molecular flexibility index (Phi) is 18.9. The van der Waals surface area contributed by atoms with Crippen LogP contribution in [0.2, 0.25) is 0 Å². The molecular weight excluding hydrogens is 417 g/mol. The molecule has 0 aliphatic rings. The number of nitrogens with zero attached hydrogens (tertiary/aromatic N) is 2. The van der Waals surface area contributed by atoms with Gasteiger partial charge in [-0.1, -0.05) is 26.3 Å². The quantitative estimate of drug-likeness (QED) is 0.147. The largest absolute Gasteiger partial charge is 0.389 e. The number of guanidine groups is 1. The number of nitrogens with one attached hydrogen (secondary N) is 1. The zero-order valence-electron chi connectivity index (χ0n) is 16.0. The van der Waals surface area contributed by atoms with E-state index >= 15 is 0 Å². The van der Waals surface area contributed by atoms with Gasteiger partial charge in [0, 0.05) is 26.7 Å². The van der Waals surface area contributed by atoms with Crippen LogP contribution in [0, 0.1) is 5.92 Å². The number of rotatable bonds is 13. The fourth-order valence-corrected chi connectivity index (χ4v) is 2.07. The lowest BCUT2D eigenvalue weighted by Gasteiger charge is -2.22. The number of aliphatic hydroxyl groups is 1. The first-order valence-corrected chi connectivity index (χ1v) is 8.87. The Morgan fingerprint density at radius 1 is 1.29 bits per heavy atom. The van der Waals surface area contributed by atoms with Gasteiger partial charge in [-0.05, 0) is 32.1 Å². The smallest absolute Gasteiger partial charge is 0.193 e. The second kappa shape index (κ2) is 17.5. The van der Waals surface area contributed by atoms with Crippen molar-refractivity contribution in [2.75, 3.05) is 39.9 Å². The standard InChI is InChI=1S/C18H37N3O2.HI/c1-6-8-9-10-11-12-21(5)18(19-7-2)20-13-17(22)15-23-14-16(3)4;/h6,16-17,22H,1,7-15H2,2-5H3,(H,19,20);1H. The van der Waals surface area contributed by atoms with E-state index in [-0.39, 0.29) is 24.0 Å². The molecule has 6 heteroatoms. The topological polar surface area (TPSA) is 57.1 Å². The second-order valence-corrected chi connectivity index (χ2v) is 6.34. The number of aliphatic hydroxyl groups excluding tert-OH is 1. The van der Waals surface area contributed by atoms with E-state index in [0.29, 0.717) is 25.7 Å². The summed E-state index contributed by atoms with van der Waals surface area (Å²) >= 11 is 0. The minimum absolute atomic E-state index is 0. The fraction of sp³-hybridized carbons (Fsp3) is 0.833. The molecule has 24 heavy (non-hydrogen) atoms. The fourth-order valence-electron chi connectivity index (χ4n) is 2.07. The molecule has 0 amide bonds. The summed E-state index contributed by atoms with van der Waals surface area (Å²) in [6, 6.07) is 0. The molecule has 0 aromatic carbocycles. The molecule has 0 aromatic rings. The molecule has 0 fully saturated rings. The summed E-state index contributed by atoms with van der Waals surface area (Å²) in [5, 5.41) is 13.2. The Labute approximate surface area is 166 Å². The highest BCUT2D eigenvalue weighted by Gasteiger charge is 2.08. The summed E-state index contributed by atoms with van der Waals surface area (Å²) in [7, 11) is 2.04. The Morgan fingerprint density at radius 3 is 2.58 bits per heavy atom. The first-order valence-electron chi connectivity index (χ1n) is 8.87. The lowest BCUT2D eigenvalue weighted by molar-refractivity contribution is 0.0300. The SMILES string of the molecule is C=CCCCCCN(C)C(=NCC(O)COCC(C)C)NCC.I. The van der Waals surface area contributed by atoms with Crippen molar-refractivity contribution in [3.8, 4) is 0 Å². The van der Waals surface area contributed by atoms with Crippen molar-refractivity contribution < 1.29 is 9.84 Å². The van der Waals surface area contributed by atoms with Crippen LogP contribution in [0.1, 0.15) is 46.5 Å². The van der Waals surface area contributed by atoms with Crippen molar-refractivity contribution in [2.45, 2.75) is 52.6 Å². The summed E-state index contributed by atoms with van der Waals surface area (Å²) in [6.45, 7) is 13.1. The van der Waals surface area contributed by atoms with Gasteiger partial charge in [-0.2, -0.15) is 0 Å². The van der Waals surface area contributed by atoms with Gasteiger partial charge in [0.05, 0.1) is 19.3 Å². The van der Waals surface area contributed by atoms with E-state index in [1.807, 2.05) is 13.1 Å². The van der Waals surface area contributed by atoms with Crippen LogP contribution < -0.4 is 5.32 Å². The first kappa shape index (κ1) is 25.9. The zero-order chi connectivity index (χ0) is 17.5. The van der Waals surface area contributed by atoms with Crippen molar-refractivity contribution >= 4 is 29.9 Å². The van der Waals surface area contributed by atoms with Crippen molar-refractivity contribution in [3.05, 3.63) is 12.7 Å². The molecule has 1 atom stereocenters. The van der Waals surface area contributed by atoms with Gasteiger partial charge < -0.3 is 20.1 Å². The molecule has 0 spiro atoms. The van der Waals surface area contributed by atoms with Gasteiger partial charge in [-0.25, -0.2) is 0 Å². The first-order chi connectivity index (χ1) is 11.0. The molecule has 0 bridgehead atoms. The van der Waals surface area contributed by atoms with Crippen molar-refractivity contribution in [1.29, 1.82) is 0 Å². The average molecular weight is 455 g/mol. The third-order valence-corrected chi connectivity index (χ3v) is 3.31. The van der Waals surface area contributed by atoms with Gasteiger partial charge in [0.15, 0.2) is 5.96 Å². The third-order valence-electron chi connectivity index (χ3n) is 3.31. The number of ether oxygens (including phenoxy) is 1. The Morgan fingerprint density at radius 2 is 2.00 bits per heavy atom. The van der Waals surface area contributed by atoms with Crippen LogP contribution in [-0.2, 0) is 4.74 Å². The molecular formula is C18H38IN3O2. The summed E-state index contributed by atoms with van der Waals surface area (Å²) < 4.78 is 5.45. The van der Waals surface area contributed by atoms with Crippen molar-refractivity contribution in [1.82, 2.24) is 10.2 Å². The summed E-state index contributed by atoms with van der Waals surface area (Å²) in [4.78, 5) is 6.64. The van der Waals surface area contributed by atoms with Gasteiger partial charge in [-0.3, -0.25) is 4.99 Å². The normalized spacial score (nSPS) is 12.7. The number of allylic oxidation sites excluding steroid dienone is 1. The maximum atomic E-state index is 9.95. The summed E-state index contributed by atoms with van der Waals surface area (Å²) in [5.41, 5.74) is 0. The van der Waals surface area contributed by atoms with E-state index in [1.54, 1.807) is 0 Å². The summed E-state index contributed by atoms with van der Waals surface area (Å²) in [6.07, 6.45) is 6.02. The van der Waals surface area contributed by atoms with Gasteiger partial charge in [0.2, 0.25) is 0 Å². The Hall–Kier alpha value is -0.340. The highest BCUT2D eigenvalue weighted by atomic mass is 127. The highest BCUT2D eigenvalue weighted by molar-refractivity contribution is 14.0. The van der Waals surface area contributed by atoms with Gasteiger partial charge in [0.25, 0.3) is 0 Å². The van der Waals surface area contributed by atoms with E-state index in [0.717, 1.165) is 31.9 Å². The number of hydrogen-bond acceptors (Lipinski definition) is 3. The molecule has 1 unspecified atom stereocenters. The maximum absolute atomic E-state index is 9.95. The Balaban J connectivity index is 0.